The van der Waals surface area contributed by atoms with E-state index in [1.165, 1.54) is 43.4 Å². The van der Waals surface area contributed by atoms with Gasteiger partial charge in [-0.15, -0.1) is 0 Å². The molecule has 0 unspecified atom stereocenters. The molecule has 8 nitrogen and oxygen atoms in total. The summed E-state index contributed by atoms with van der Waals surface area (Å²) in [6, 6.07) is 13.0. The Bertz CT molecular complexity index is 1400. The molecular formula is C19H14ClFN4O4S2. The molecule has 2 N–H and O–H groups in total. The second kappa shape index (κ2) is 8.60. The van der Waals surface area contributed by atoms with Gasteiger partial charge in [-0.2, -0.15) is 5.26 Å². The standard InChI is InChI=1S/C19H14ClFN4O4S2/c1-23-30(26,27)13-3-5-14(6-4-13)31(28,29)25-12-2-7-15(16(20)10-12)18-9-8-17(21)19(11-22)24-18/h2-10,23,25H,1H3. The Balaban J connectivity index is 1.88. The number of sulfonamides is 2. The Morgan fingerprint density at radius 1 is 0.968 bits per heavy atom. The van der Waals surface area contributed by atoms with Crippen molar-refractivity contribution in [3.05, 3.63) is 71.1 Å². The number of nitrogens with zero attached hydrogens (tertiary/aromatic N) is 2. The van der Waals surface area contributed by atoms with Gasteiger partial charge >= 0.3 is 0 Å². The number of nitrogens with one attached hydrogen (secondary N) is 2. The Hall–Kier alpha value is -3.04. The third-order valence-electron chi connectivity index (χ3n) is 4.16. The molecule has 1 aromatic heterocycles. The molecule has 3 aromatic rings. The SMILES string of the molecule is CNS(=O)(=O)c1ccc(S(=O)(=O)Nc2ccc(-c3ccc(F)c(C#N)n3)c(Cl)c2)cc1. The lowest BCUT2D eigenvalue weighted by Crippen LogP contribution is -2.19. The van der Waals surface area contributed by atoms with E-state index in [0.717, 1.165) is 18.2 Å². The van der Waals surface area contributed by atoms with Crippen molar-refractivity contribution in [1.82, 2.24) is 9.71 Å². The van der Waals surface area contributed by atoms with Crippen LogP contribution >= 0.6 is 11.6 Å². The number of halogens is 2. The topological polar surface area (TPSA) is 129 Å². The van der Waals surface area contributed by atoms with Gasteiger partial charge in [-0.1, -0.05) is 11.6 Å². The zero-order valence-corrected chi connectivity index (χ0v) is 18.2. The molecule has 0 aliphatic heterocycles. The van der Waals surface area contributed by atoms with Crippen molar-refractivity contribution in [3.63, 3.8) is 0 Å². The molecule has 0 bridgehead atoms. The summed E-state index contributed by atoms with van der Waals surface area (Å²) >= 11 is 6.24. The molecule has 0 saturated heterocycles. The summed E-state index contributed by atoms with van der Waals surface area (Å²) < 4.78 is 66.7. The van der Waals surface area contributed by atoms with Gasteiger partial charge in [0, 0.05) is 5.56 Å². The number of hydrogen-bond acceptors (Lipinski definition) is 6. The summed E-state index contributed by atoms with van der Waals surface area (Å²) in [6.45, 7) is 0. The smallest absolute Gasteiger partial charge is 0.261 e. The van der Waals surface area contributed by atoms with Crippen molar-refractivity contribution in [2.45, 2.75) is 9.79 Å². The normalized spacial score (nSPS) is 11.7. The molecule has 0 fully saturated rings. The monoisotopic (exact) mass is 480 g/mol. The number of aromatic nitrogens is 1. The largest absolute Gasteiger partial charge is 0.280 e. The Kier molecular flexibility index (Phi) is 6.28. The highest BCUT2D eigenvalue weighted by atomic mass is 35.5. The van der Waals surface area contributed by atoms with Gasteiger partial charge in [-0.05, 0) is 61.6 Å². The molecule has 3 rings (SSSR count). The third kappa shape index (κ3) is 4.83. The van der Waals surface area contributed by atoms with E-state index in [0.29, 0.717) is 5.56 Å². The van der Waals surface area contributed by atoms with E-state index < -0.39 is 25.9 Å². The molecule has 0 spiro atoms. The number of pyridine rings is 1. The van der Waals surface area contributed by atoms with E-state index in [1.54, 1.807) is 6.07 Å². The summed E-state index contributed by atoms with van der Waals surface area (Å²) in [7, 11) is -6.47. The number of anilines is 1. The average Bonchev–Trinajstić information content (AvgIpc) is 2.74. The van der Waals surface area contributed by atoms with Crippen LogP contribution in [0.4, 0.5) is 10.1 Å². The number of benzene rings is 2. The first-order valence-electron chi connectivity index (χ1n) is 8.50. The fourth-order valence-corrected chi connectivity index (χ4v) is 4.64. The summed E-state index contributed by atoms with van der Waals surface area (Å²) in [5.74, 6) is -0.764. The van der Waals surface area contributed by atoms with Crippen LogP contribution in [0.1, 0.15) is 5.69 Å². The fourth-order valence-electron chi connectivity index (χ4n) is 2.59. The minimum atomic E-state index is -4.02. The molecule has 2 aromatic carbocycles. The molecule has 12 heteroatoms. The van der Waals surface area contributed by atoms with Gasteiger partial charge in [-0.25, -0.2) is 30.9 Å². The van der Waals surface area contributed by atoms with Crippen LogP contribution in [-0.2, 0) is 20.0 Å². The van der Waals surface area contributed by atoms with Gasteiger partial charge in [0.2, 0.25) is 10.0 Å². The van der Waals surface area contributed by atoms with Crippen molar-refractivity contribution in [3.8, 4) is 17.3 Å². The molecular weight excluding hydrogens is 467 g/mol. The van der Waals surface area contributed by atoms with Crippen molar-refractivity contribution in [2.75, 3.05) is 11.8 Å². The first-order chi connectivity index (χ1) is 14.6. The van der Waals surface area contributed by atoms with Crippen LogP contribution in [-0.4, -0.2) is 28.9 Å². The number of hydrogen-bond donors (Lipinski definition) is 2. The van der Waals surface area contributed by atoms with E-state index in [-0.39, 0.29) is 31.9 Å². The van der Waals surface area contributed by atoms with Gasteiger partial charge in [0.05, 0.1) is 26.2 Å². The summed E-state index contributed by atoms with van der Waals surface area (Å²) in [5, 5.41) is 9.04. The molecule has 0 saturated carbocycles. The molecule has 0 atom stereocenters. The zero-order chi connectivity index (χ0) is 22.8. The van der Waals surface area contributed by atoms with Crippen LogP contribution in [0.5, 0.6) is 0 Å². The quantitative estimate of drug-likeness (QED) is 0.557. The minimum absolute atomic E-state index is 0.0788. The second-order valence-electron chi connectivity index (χ2n) is 6.12. The molecule has 160 valence electrons. The molecule has 0 aliphatic rings. The predicted molar refractivity (Wildman–Crippen MR) is 113 cm³/mol. The number of nitriles is 1. The van der Waals surface area contributed by atoms with Crippen LogP contribution in [0.2, 0.25) is 5.02 Å². The van der Waals surface area contributed by atoms with Gasteiger partial charge in [-0.3, -0.25) is 4.72 Å². The first kappa shape index (κ1) is 22.6. The van der Waals surface area contributed by atoms with Crippen LogP contribution in [0.25, 0.3) is 11.3 Å². The lowest BCUT2D eigenvalue weighted by molar-refractivity contribution is 0.587. The maximum Gasteiger partial charge on any atom is 0.261 e. The van der Waals surface area contributed by atoms with E-state index in [9.17, 15) is 21.2 Å². The third-order valence-corrected chi connectivity index (χ3v) is 7.30. The van der Waals surface area contributed by atoms with Gasteiger partial charge < -0.3 is 0 Å². The Labute approximate surface area is 183 Å². The highest BCUT2D eigenvalue weighted by Gasteiger charge is 2.18. The van der Waals surface area contributed by atoms with Crippen LogP contribution in [0.3, 0.4) is 0 Å². The summed E-state index contributed by atoms with van der Waals surface area (Å²) in [5.41, 5.74) is 0.381. The van der Waals surface area contributed by atoms with E-state index in [1.807, 2.05) is 0 Å². The minimum Gasteiger partial charge on any atom is -0.280 e. The van der Waals surface area contributed by atoms with Crippen LogP contribution in [0, 0.1) is 17.1 Å². The van der Waals surface area contributed by atoms with Crippen molar-refractivity contribution in [2.24, 2.45) is 0 Å². The fraction of sp³-hybridized carbons (Fsp3) is 0.0526. The molecule has 31 heavy (non-hydrogen) atoms. The highest BCUT2D eigenvalue weighted by molar-refractivity contribution is 7.92. The van der Waals surface area contributed by atoms with Gasteiger partial charge in [0.1, 0.15) is 6.07 Å². The Morgan fingerprint density at radius 3 is 2.13 bits per heavy atom. The summed E-state index contributed by atoms with van der Waals surface area (Å²) in [4.78, 5) is 3.67. The second-order valence-corrected chi connectivity index (χ2v) is 10.1. The van der Waals surface area contributed by atoms with Crippen molar-refractivity contribution < 1.29 is 21.2 Å². The number of rotatable bonds is 6. The van der Waals surface area contributed by atoms with Gasteiger partial charge in [0.25, 0.3) is 10.0 Å². The van der Waals surface area contributed by atoms with Crippen LogP contribution in [0.15, 0.2) is 64.4 Å². The van der Waals surface area contributed by atoms with E-state index >= 15 is 0 Å². The molecule has 1 heterocycles. The maximum atomic E-state index is 13.5. The lowest BCUT2D eigenvalue weighted by atomic mass is 10.1. The predicted octanol–water partition coefficient (Wildman–Crippen LogP) is 3.12. The van der Waals surface area contributed by atoms with Crippen LogP contribution < -0.4 is 9.44 Å². The lowest BCUT2D eigenvalue weighted by Gasteiger charge is -2.11. The molecule has 0 amide bonds. The summed E-state index contributed by atoms with van der Waals surface area (Å²) in [6.07, 6.45) is 0. The highest BCUT2D eigenvalue weighted by Crippen LogP contribution is 2.30. The first-order valence-corrected chi connectivity index (χ1v) is 11.8. The maximum absolute atomic E-state index is 13.5. The van der Waals surface area contributed by atoms with Crippen molar-refractivity contribution in [1.29, 1.82) is 5.26 Å². The van der Waals surface area contributed by atoms with Crippen molar-refractivity contribution >= 4 is 37.3 Å². The molecule has 0 aliphatic carbocycles. The van der Waals surface area contributed by atoms with E-state index in [2.05, 4.69) is 14.4 Å². The average molecular weight is 481 g/mol. The Morgan fingerprint density at radius 2 is 1.58 bits per heavy atom. The van der Waals surface area contributed by atoms with Gasteiger partial charge in [0.15, 0.2) is 11.5 Å². The molecule has 0 radical (unpaired) electrons. The zero-order valence-electron chi connectivity index (χ0n) is 15.8. The van der Waals surface area contributed by atoms with E-state index in [4.69, 9.17) is 16.9 Å².